The number of Topliss-reactive ketones (excluding diaryl/α,β-unsaturated/α-hetero) is 1. The third-order valence-electron chi connectivity index (χ3n) is 16.7. The Bertz CT molecular complexity index is 4010. The number of fused-ring (bicyclic) bond motifs is 2. The Balaban J connectivity index is 0.617. The van der Waals surface area contributed by atoms with Crippen LogP contribution in [0, 0.1) is 6.92 Å². The smallest absolute Gasteiger partial charge is 0.328 e. The number of likely N-dealkylation sites (N-methyl/N-ethyl adjacent to an activating group) is 1. The first kappa shape index (κ1) is 69.7. The molecule has 1 saturated heterocycles. The van der Waals surface area contributed by atoms with E-state index in [0.29, 0.717) is 156 Å². The second-order valence-electron chi connectivity index (χ2n) is 23.4. The van der Waals surface area contributed by atoms with Gasteiger partial charge in [-0.05, 0) is 95.4 Å². The van der Waals surface area contributed by atoms with E-state index in [9.17, 15) is 32.4 Å². The molecule has 0 bridgehead atoms. The first-order valence-corrected chi connectivity index (χ1v) is 33.4. The first-order valence-electron chi connectivity index (χ1n) is 32.0. The van der Waals surface area contributed by atoms with Crippen molar-refractivity contribution in [1.82, 2.24) is 43.8 Å². The number of hydrogen-bond acceptors (Lipinski definition) is 20. The van der Waals surface area contributed by atoms with Crippen molar-refractivity contribution in [3.63, 3.8) is 0 Å². The Morgan fingerprint density at radius 3 is 2.07 bits per heavy atom. The maximum atomic E-state index is 13.9. The van der Waals surface area contributed by atoms with Gasteiger partial charge in [0.15, 0.2) is 23.0 Å². The van der Waals surface area contributed by atoms with E-state index >= 15 is 0 Å². The number of carbonyl (C=O) groups excluding carboxylic acids is 3. The maximum Gasteiger partial charge on any atom is 0.328 e. The van der Waals surface area contributed by atoms with E-state index in [1.165, 1.54) is 48.5 Å². The molecule has 9 rings (SSSR count). The zero-order valence-corrected chi connectivity index (χ0v) is 55.8. The first-order chi connectivity index (χ1) is 45.4. The van der Waals surface area contributed by atoms with E-state index in [4.69, 9.17) is 47.9 Å². The maximum absolute atomic E-state index is 13.9. The van der Waals surface area contributed by atoms with Crippen LogP contribution in [-0.2, 0) is 54.3 Å². The van der Waals surface area contributed by atoms with Crippen LogP contribution in [0.25, 0.3) is 22.1 Å². The molecule has 1 aliphatic carbocycles. The van der Waals surface area contributed by atoms with Gasteiger partial charge >= 0.3 is 5.69 Å². The fraction of sp³-hybridized carbons (Fsp3) is 0.493. The Labute approximate surface area is 547 Å². The molecule has 7 aromatic rings. The van der Waals surface area contributed by atoms with E-state index in [1.54, 1.807) is 62.1 Å². The summed E-state index contributed by atoms with van der Waals surface area (Å²) in [6, 6.07) is 16.5. The van der Waals surface area contributed by atoms with Crippen LogP contribution in [0.1, 0.15) is 98.7 Å². The van der Waals surface area contributed by atoms with Crippen LogP contribution in [0.5, 0.6) is 34.5 Å². The largest absolute Gasteiger partial charge is 0.493 e. The van der Waals surface area contributed by atoms with Crippen molar-refractivity contribution in [2.45, 2.75) is 89.5 Å². The zero-order valence-electron chi connectivity index (χ0n) is 55.0. The summed E-state index contributed by atoms with van der Waals surface area (Å²) in [5, 5.41) is 3.61. The molecular formula is C67H87N11O15S. The van der Waals surface area contributed by atoms with Gasteiger partial charge in [0.05, 0.1) is 126 Å². The van der Waals surface area contributed by atoms with Gasteiger partial charge in [-0.1, -0.05) is 19.8 Å². The van der Waals surface area contributed by atoms with Crippen LogP contribution >= 0.6 is 0 Å². The lowest BCUT2D eigenvalue weighted by molar-refractivity contribution is -0.132. The van der Waals surface area contributed by atoms with Gasteiger partial charge in [0.25, 0.3) is 15.6 Å². The minimum atomic E-state index is -4.22. The molecular weight excluding hydrogens is 1230 g/mol. The van der Waals surface area contributed by atoms with Crippen molar-refractivity contribution in [2.24, 2.45) is 14.1 Å². The highest BCUT2D eigenvalue weighted by Gasteiger charge is 2.28. The molecule has 0 spiro atoms. The second-order valence-corrected chi connectivity index (χ2v) is 25.1. The molecule has 0 unspecified atom stereocenters. The number of ether oxygens (including phenoxy) is 8. The lowest BCUT2D eigenvalue weighted by Gasteiger charge is -2.36. The second kappa shape index (κ2) is 33.0. The lowest BCUT2D eigenvalue weighted by Crippen LogP contribution is -2.49. The average Bonchev–Trinajstić information content (AvgIpc) is 1.13. The van der Waals surface area contributed by atoms with Crippen LogP contribution in [0.15, 0.2) is 87.5 Å². The third kappa shape index (κ3) is 17.8. The van der Waals surface area contributed by atoms with Crippen molar-refractivity contribution in [3.05, 3.63) is 117 Å². The number of ketones is 1. The minimum Gasteiger partial charge on any atom is -0.493 e. The number of benzene rings is 3. The fourth-order valence-corrected chi connectivity index (χ4v) is 12.7. The molecule has 4 aromatic heterocycles. The summed E-state index contributed by atoms with van der Waals surface area (Å²) in [6.07, 6.45) is 10.2. The van der Waals surface area contributed by atoms with Crippen LogP contribution in [0.3, 0.4) is 0 Å². The summed E-state index contributed by atoms with van der Waals surface area (Å²) in [5.74, 6) is 2.18. The van der Waals surface area contributed by atoms with E-state index in [1.807, 2.05) is 42.1 Å². The van der Waals surface area contributed by atoms with Gasteiger partial charge in [0.1, 0.15) is 28.7 Å². The number of pyridine rings is 2. The number of rotatable bonds is 35. The Kier molecular flexibility index (Phi) is 24.4. The van der Waals surface area contributed by atoms with Gasteiger partial charge in [0.2, 0.25) is 11.8 Å². The van der Waals surface area contributed by atoms with Crippen LogP contribution in [0.4, 0.5) is 11.4 Å². The number of nitrogens with one attached hydrogen (secondary N) is 2. The average molecular weight is 1320 g/mol. The SMILES string of the molecule is CCCOc1cc(OCCCCN(C)CC(=O)NCCOCCOCCOCCC(=O)N2CCN(c3ccc(Cc4ncc5c(C)c(C(C)=O)c(=O)n(C6CCCC6)c5n4)nc3)CC2)cc(Oc2cc3c(cc2NS(=O)(=O)c2ccc(OC)c(OC)c2)n(C)c(=O)n3C)c1. The van der Waals surface area contributed by atoms with Crippen molar-refractivity contribution < 1.29 is 60.7 Å². The van der Waals surface area contributed by atoms with Crippen molar-refractivity contribution in [1.29, 1.82) is 0 Å². The van der Waals surface area contributed by atoms with E-state index in [-0.39, 0.29) is 75.5 Å². The number of anilines is 2. The number of amides is 2. The molecule has 27 heteroatoms. The lowest BCUT2D eigenvalue weighted by atomic mass is 10.0. The Morgan fingerprint density at radius 1 is 0.734 bits per heavy atom. The standard InChI is InChI=1S/C67H87N11O15S/c1-9-27-91-50-36-51(38-52(37-50)93-59-41-57-56(74(5)67(83)75(57)6)40-55(59)72-94(84,85)53-18-19-58(86-7)60(39-53)87-8)92-28-13-12-22-73(4)44-62(80)68-21-30-89-32-34-90-33-31-88-29-20-63(81)77-25-23-76(24-26-77)49-17-16-47(69-42-49)35-61-70-43-54-45(2)64(46(3)79)66(82)78(65(54)71-61)48-14-10-11-15-48/h16-19,36-43,48,72H,9-15,20-35,44H2,1-8H3,(H,68,80). The van der Waals surface area contributed by atoms with Gasteiger partial charge in [-0.2, -0.15) is 0 Å². The summed E-state index contributed by atoms with van der Waals surface area (Å²) in [6.45, 7) is 11.8. The number of unbranched alkanes of at least 4 members (excludes halogenated alkanes) is 1. The molecule has 2 N–H and O–H groups in total. The molecule has 2 fully saturated rings. The topological polar surface area (TPSA) is 281 Å². The molecule has 0 radical (unpaired) electrons. The molecule has 2 amide bonds. The summed E-state index contributed by atoms with van der Waals surface area (Å²) < 4.78 is 81.2. The quantitative estimate of drug-likeness (QED) is 0.0299. The summed E-state index contributed by atoms with van der Waals surface area (Å²) >= 11 is 0. The number of aromatic nitrogens is 6. The molecule has 2 aliphatic rings. The highest BCUT2D eigenvalue weighted by atomic mass is 32.2. The number of hydrogen-bond donors (Lipinski definition) is 2. The molecule has 506 valence electrons. The van der Waals surface area contributed by atoms with Gasteiger partial charge in [-0.3, -0.25) is 47.5 Å². The van der Waals surface area contributed by atoms with Gasteiger partial charge < -0.3 is 53.0 Å². The van der Waals surface area contributed by atoms with Gasteiger partial charge in [-0.25, -0.2) is 23.2 Å². The molecule has 3 aromatic carbocycles. The van der Waals surface area contributed by atoms with Gasteiger partial charge in [-0.15, -0.1) is 0 Å². The highest BCUT2D eigenvalue weighted by Crippen LogP contribution is 2.39. The normalized spacial score (nSPS) is 13.7. The van der Waals surface area contributed by atoms with Crippen molar-refractivity contribution >= 4 is 61.1 Å². The number of piperazine rings is 1. The molecule has 5 heterocycles. The Morgan fingerprint density at radius 2 is 1.40 bits per heavy atom. The number of imidazole rings is 1. The summed E-state index contributed by atoms with van der Waals surface area (Å²) in [4.78, 5) is 85.0. The predicted molar refractivity (Wildman–Crippen MR) is 355 cm³/mol. The van der Waals surface area contributed by atoms with Crippen LogP contribution < -0.4 is 49.9 Å². The molecule has 26 nitrogen and oxygen atoms in total. The van der Waals surface area contributed by atoms with Crippen molar-refractivity contribution in [3.8, 4) is 34.5 Å². The summed E-state index contributed by atoms with van der Waals surface area (Å²) in [5.41, 5.74) is 3.64. The molecule has 1 saturated carbocycles. The fourth-order valence-electron chi connectivity index (χ4n) is 11.6. The number of carbonyl (C=O) groups is 3. The van der Waals surface area contributed by atoms with E-state index in [0.717, 1.165) is 55.3 Å². The van der Waals surface area contributed by atoms with E-state index < -0.39 is 10.0 Å². The minimum absolute atomic E-state index is 0.00718. The third-order valence-corrected chi connectivity index (χ3v) is 18.0. The monoisotopic (exact) mass is 1320 g/mol. The van der Waals surface area contributed by atoms with Crippen LogP contribution in [0.2, 0.25) is 0 Å². The van der Waals surface area contributed by atoms with Crippen molar-refractivity contribution in [2.75, 3.05) is 130 Å². The van der Waals surface area contributed by atoms with Gasteiger partial charge in [0, 0.05) is 100 Å². The summed E-state index contributed by atoms with van der Waals surface area (Å²) in [7, 11) is 3.75. The number of nitrogens with zero attached hydrogens (tertiary/aromatic N) is 9. The molecule has 0 atom stereocenters. The number of aryl methyl sites for hydroxylation is 3. The zero-order chi connectivity index (χ0) is 66.9. The molecule has 94 heavy (non-hydrogen) atoms. The number of sulfonamides is 1. The highest BCUT2D eigenvalue weighted by molar-refractivity contribution is 7.92. The molecule has 1 aliphatic heterocycles. The Hall–Kier alpha value is -8.63. The van der Waals surface area contributed by atoms with E-state index in [2.05, 4.69) is 19.9 Å². The van der Waals surface area contributed by atoms with Crippen LogP contribution in [-0.4, -0.2) is 184 Å². The number of methoxy groups -OCH3 is 2. The predicted octanol–water partition coefficient (Wildman–Crippen LogP) is 6.99.